The first kappa shape index (κ1) is 86.8. The molecule has 1 N–H and O–H groups in total. The van der Waals surface area contributed by atoms with E-state index in [9.17, 15) is 14.4 Å². The van der Waals surface area contributed by atoms with Crippen molar-refractivity contribution in [3.8, 4) is 34.3 Å². The van der Waals surface area contributed by atoms with E-state index in [0.717, 1.165) is 92.7 Å². The van der Waals surface area contributed by atoms with Crippen LogP contribution in [-0.4, -0.2) is 85.8 Å². The van der Waals surface area contributed by atoms with E-state index in [4.69, 9.17) is 23.8 Å². The SMILES string of the molecule is CC(=O)c1ccc([C@]2(c3ccc(OCc4ccccn4)cc3)CC3CC[C@@H]2C3)cc1.CN(C)/C=C/C(=O)c1ccc([C@]2(c3ccc(OCc4ccccn4)cc3)CC3CC[C@@H]2C3)cc1.CON(C)C(=O)c1ccc([C@]2(c3ccc(OCc4ccccn4)cc3)CC3CC[C@@H]2C3)cc1.c1ccc(COc2ccc([C@@]3(c4ccc(-c5ccn[nH]5)cc4)CC4CC[C@@H]3C4)cc2)nc1. The molecule has 0 radical (unpaired) electrons. The minimum absolute atomic E-state index is 0.00281. The molecule has 0 spiro atoms. The highest BCUT2D eigenvalue weighted by molar-refractivity contribution is 6.04. The molecule has 21 rings (SSSR count). The van der Waals surface area contributed by atoms with E-state index in [-0.39, 0.29) is 39.1 Å². The number of hydroxylamine groups is 2. The Hall–Kier alpha value is -12.9. The predicted octanol–water partition coefficient (Wildman–Crippen LogP) is 23.6. The summed E-state index contributed by atoms with van der Waals surface area (Å²) < 4.78 is 23.9. The van der Waals surface area contributed by atoms with Gasteiger partial charge in [0.2, 0.25) is 0 Å². The number of ketones is 2. The lowest BCUT2D eigenvalue weighted by molar-refractivity contribution is -0.0757. The van der Waals surface area contributed by atoms with Crippen molar-refractivity contribution in [2.24, 2.45) is 47.3 Å². The Balaban J connectivity index is 0.000000116. The fraction of sp³-hybridized carbons (Fsp3) is 0.327. The number of H-pyrrole nitrogens is 1. The maximum absolute atomic E-state index is 12.5. The number of aromatic nitrogens is 6. The van der Waals surface area contributed by atoms with Crippen LogP contribution in [0.5, 0.6) is 23.0 Å². The van der Waals surface area contributed by atoms with Gasteiger partial charge in [0.15, 0.2) is 11.6 Å². The number of carbonyl (C=O) groups excluding carboxylic acids is 3. The first-order chi connectivity index (χ1) is 63.1. The number of rotatable bonds is 27. The average molecular weight is 1710 g/mol. The van der Waals surface area contributed by atoms with Crippen LogP contribution in [0.4, 0.5) is 0 Å². The summed E-state index contributed by atoms with van der Waals surface area (Å²) >= 11 is 0. The van der Waals surface area contributed by atoms with Crippen molar-refractivity contribution >= 4 is 17.5 Å². The van der Waals surface area contributed by atoms with Gasteiger partial charge >= 0.3 is 0 Å². The summed E-state index contributed by atoms with van der Waals surface area (Å²) in [5, 5.41) is 8.42. The molecule has 16 nitrogen and oxygen atoms in total. The van der Waals surface area contributed by atoms with Crippen LogP contribution in [0.3, 0.4) is 0 Å². The largest absolute Gasteiger partial charge is 0.487 e. The molecule has 4 unspecified atom stereocenters. The second-order valence-corrected chi connectivity index (χ2v) is 37.2. The molecule has 12 atom stereocenters. The van der Waals surface area contributed by atoms with E-state index < -0.39 is 0 Å². The quantitative estimate of drug-likeness (QED) is 0.0291. The number of Topliss-reactive ketones (excluding diaryl/α,β-unsaturated/α-hetero) is 1. The number of hydrogen-bond acceptors (Lipinski definition) is 14. The lowest BCUT2D eigenvalue weighted by atomic mass is 9.64. The van der Waals surface area contributed by atoms with E-state index in [1.807, 2.05) is 134 Å². The molecule has 8 aliphatic rings. The summed E-state index contributed by atoms with van der Waals surface area (Å²) in [5.41, 5.74) is 19.2. The van der Waals surface area contributed by atoms with Crippen molar-refractivity contribution in [1.82, 2.24) is 40.1 Å². The van der Waals surface area contributed by atoms with Crippen molar-refractivity contribution < 1.29 is 38.2 Å². The van der Waals surface area contributed by atoms with Crippen LogP contribution in [0.25, 0.3) is 11.3 Å². The first-order valence-corrected chi connectivity index (χ1v) is 46.3. The Morgan fingerprint density at radius 1 is 0.357 bits per heavy atom. The zero-order valence-electron chi connectivity index (χ0n) is 74.7. The topological polar surface area (TPSA) is 184 Å². The summed E-state index contributed by atoms with van der Waals surface area (Å²) in [7, 11) is 6.96. The molecule has 1 amide bonds. The third kappa shape index (κ3) is 18.6. The molecule has 13 aromatic rings. The third-order valence-electron chi connectivity index (χ3n) is 29.8. The molecule has 0 aliphatic heterocycles. The molecule has 8 bridgehead atoms. The molecule has 656 valence electrons. The van der Waals surface area contributed by atoms with Gasteiger partial charge in [-0.2, -0.15) is 5.10 Å². The van der Waals surface area contributed by atoms with Crippen LogP contribution in [0, 0.1) is 47.3 Å². The highest BCUT2D eigenvalue weighted by Crippen LogP contribution is 2.64. The Morgan fingerprint density at radius 2 is 0.651 bits per heavy atom. The van der Waals surface area contributed by atoms with Crippen molar-refractivity contribution in [1.29, 1.82) is 0 Å². The Labute approximate surface area is 759 Å². The van der Waals surface area contributed by atoms with Gasteiger partial charge in [-0.3, -0.25) is 44.3 Å². The Morgan fingerprint density at radius 3 is 0.899 bits per heavy atom. The minimum Gasteiger partial charge on any atom is -0.487 e. The van der Waals surface area contributed by atoms with Crippen LogP contribution >= 0.6 is 0 Å². The second-order valence-electron chi connectivity index (χ2n) is 37.2. The maximum atomic E-state index is 12.5. The number of amides is 1. The highest BCUT2D eigenvalue weighted by Gasteiger charge is 2.56. The third-order valence-corrected chi connectivity index (χ3v) is 29.8. The number of fused-ring (bicyclic) bond motifs is 8. The van der Waals surface area contributed by atoms with Gasteiger partial charge in [-0.1, -0.05) is 183 Å². The smallest absolute Gasteiger partial charge is 0.277 e. The summed E-state index contributed by atoms with van der Waals surface area (Å²) in [6.45, 7) is 3.52. The van der Waals surface area contributed by atoms with E-state index in [2.05, 4.69) is 188 Å². The molecular weight excluding hydrogens is 1600 g/mol. The molecule has 8 aliphatic carbocycles. The lowest BCUT2D eigenvalue weighted by Crippen LogP contribution is -2.34. The molecule has 0 saturated heterocycles. The van der Waals surface area contributed by atoms with Crippen LogP contribution in [0.1, 0.15) is 208 Å². The van der Waals surface area contributed by atoms with E-state index >= 15 is 0 Å². The number of pyridine rings is 4. The van der Waals surface area contributed by atoms with Gasteiger partial charge in [-0.15, -0.1) is 0 Å². The molecule has 8 saturated carbocycles. The number of benzene rings is 8. The molecule has 129 heavy (non-hydrogen) atoms. The number of ether oxygens (including phenoxy) is 4. The van der Waals surface area contributed by atoms with Crippen LogP contribution in [0.2, 0.25) is 0 Å². The number of nitrogens with zero attached hydrogens (tertiary/aromatic N) is 7. The zero-order chi connectivity index (χ0) is 88.3. The summed E-state index contributed by atoms with van der Waals surface area (Å²) in [4.78, 5) is 61.0. The zero-order valence-corrected chi connectivity index (χ0v) is 74.7. The lowest BCUT2D eigenvalue weighted by Gasteiger charge is -2.39. The standard InChI is InChI=1S/C30H32N2O2.C28H27N3O.C28H30N2O3.C27H27NO2/c1-32(2)18-16-29(33)23-7-10-24(11-8-23)30(20-22-6-9-26(30)19-22)25-12-14-28(15-13-25)34-21-27-5-3-4-17-31-27;1-2-15-29-25(3-1)19-32-26-12-10-23(11-13-26)28(18-20-4-7-24(28)17-20)22-8-5-21(6-9-22)27-14-16-30-31-27;1-30(32-2)27(31)21-7-10-22(11-8-21)28(18-20-6-9-24(28)17-20)23-12-14-26(15-13-23)33-19-25-5-3-4-16-29-25;1-19(29)21-6-9-22(10-7-21)27(17-20-5-8-24(27)16-20)23-11-13-26(14-12-23)30-18-25-4-2-3-15-28-25/h3-5,7-8,10-18,22,26H,6,9,19-21H2,1-2H3;1-3,5-6,8-16,20,24H,4,7,17-19H2,(H,30,31);3-5,7-8,10-16,20,24H,6,9,17-19H2,1-2H3;2-4,6-7,9-15,20,24H,5,8,16-18H2,1H3/b18-16+;;;/t22?,26-,30+;2*20?,24-,28+;20?,24-,27+/m1111/s1. The Bertz CT molecular complexity index is 5920. The van der Waals surface area contributed by atoms with Gasteiger partial charge in [0.1, 0.15) is 49.4 Å². The van der Waals surface area contributed by atoms with Crippen molar-refractivity contribution in [2.45, 2.75) is 158 Å². The number of hydrogen-bond donors (Lipinski definition) is 1. The monoisotopic (exact) mass is 1710 g/mol. The highest BCUT2D eigenvalue weighted by atomic mass is 16.7. The molecule has 8 aromatic carbocycles. The normalized spacial score (nSPS) is 23.9. The predicted molar refractivity (Wildman–Crippen MR) is 505 cm³/mol. The fourth-order valence-electron chi connectivity index (χ4n) is 23.6. The molecular formula is C113H116N8O8. The van der Waals surface area contributed by atoms with Crippen molar-refractivity contribution in [3.63, 3.8) is 0 Å². The van der Waals surface area contributed by atoms with E-state index in [0.29, 0.717) is 55.7 Å². The van der Waals surface area contributed by atoms with E-state index in [1.165, 1.54) is 159 Å². The first-order valence-electron chi connectivity index (χ1n) is 46.3. The maximum Gasteiger partial charge on any atom is 0.277 e. The minimum atomic E-state index is -0.138. The molecule has 5 aromatic heterocycles. The molecule has 5 heterocycles. The summed E-state index contributed by atoms with van der Waals surface area (Å²) in [6, 6.07) is 94.3. The number of aromatic amines is 1. The van der Waals surface area contributed by atoms with E-state index in [1.54, 1.807) is 57.2 Å². The number of allylic oxidation sites excluding steroid dienone is 1. The van der Waals surface area contributed by atoms with Crippen LogP contribution in [-0.2, 0) is 52.9 Å². The van der Waals surface area contributed by atoms with Gasteiger partial charge in [-0.05, 0) is 297 Å². The van der Waals surface area contributed by atoms with Gasteiger partial charge in [0, 0.05) is 103 Å². The second kappa shape index (κ2) is 39.0. The fourth-order valence-corrected chi connectivity index (χ4v) is 23.6. The van der Waals surface area contributed by atoms with Gasteiger partial charge < -0.3 is 23.8 Å². The van der Waals surface area contributed by atoms with Crippen molar-refractivity contribution in [2.75, 3.05) is 28.3 Å². The van der Waals surface area contributed by atoms with Crippen molar-refractivity contribution in [3.05, 3.63) is 400 Å². The van der Waals surface area contributed by atoms with Gasteiger partial charge in [0.05, 0.1) is 35.6 Å². The van der Waals surface area contributed by atoms with Crippen LogP contribution < -0.4 is 18.9 Å². The van der Waals surface area contributed by atoms with Gasteiger partial charge in [-0.25, -0.2) is 5.06 Å². The average Bonchev–Trinajstić information content (AvgIpc) is 1.57. The number of carbonyl (C=O) groups is 3. The summed E-state index contributed by atoms with van der Waals surface area (Å²) in [5.74, 6) is 9.38. The molecule has 8 fully saturated rings. The number of nitrogens with one attached hydrogen (secondary N) is 1. The molecule has 16 heteroatoms. The van der Waals surface area contributed by atoms with Gasteiger partial charge in [0.25, 0.3) is 5.91 Å². The van der Waals surface area contributed by atoms with Crippen LogP contribution in [0.15, 0.2) is 316 Å². The Kier molecular flexibility index (Phi) is 26.2. The summed E-state index contributed by atoms with van der Waals surface area (Å²) in [6.07, 6.45) is 33.0.